The maximum atomic E-state index is 5.80. The fourth-order valence-corrected chi connectivity index (χ4v) is 2.24. The van der Waals surface area contributed by atoms with Gasteiger partial charge in [0.15, 0.2) is 0 Å². The van der Waals surface area contributed by atoms with Crippen LogP contribution in [0.3, 0.4) is 0 Å². The van der Waals surface area contributed by atoms with Gasteiger partial charge in [-0.05, 0) is 30.7 Å². The van der Waals surface area contributed by atoms with E-state index in [1.54, 1.807) is 7.11 Å². The number of ether oxygens (including phenoxy) is 2. The fraction of sp³-hybridized carbons (Fsp3) is 0.235. The zero-order chi connectivity index (χ0) is 14.7. The van der Waals surface area contributed by atoms with Crippen molar-refractivity contribution in [3.05, 3.63) is 42.5 Å². The van der Waals surface area contributed by atoms with Crippen molar-refractivity contribution in [2.45, 2.75) is 13.3 Å². The van der Waals surface area contributed by atoms with Gasteiger partial charge >= 0.3 is 0 Å². The molecule has 0 aliphatic heterocycles. The molecule has 0 aliphatic rings. The molecule has 0 saturated carbocycles. The van der Waals surface area contributed by atoms with Crippen LogP contribution in [0.2, 0.25) is 0 Å². The lowest BCUT2D eigenvalue weighted by molar-refractivity contribution is 0.318. The topological polar surface area (TPSA) is 47.1 Å². The largest absolute Gasteiger partial charge is 0.497 e. The van der Waals surface area contributed by atoms with E-state index in [2.05, 4.69) is 16.9 Å². The predicted molar refractivity (Wildman–Crippen MR) is 83.9 cm³/mol. The molecule has 0 aliphatic carbocycles. The highest BCUT2D eigenvalue weighted by Crippen LogP contribution is 2.30. The molecular formula is C17H18N2O2. The first-order valence-electron chi connectivity index (χ1n) is 7.07. The maximum Gasteiger partial charge on any atom is 0.142 e. The highest BCUT2D eigenvalue weighted by Gasteiger charge is 2.11. The van der Waals surface area contributed by atoms with Crippen molar-refractivity contribution in [2.75, 3.05) is 13.7 Å². The van der Waals surface area contributed by atoms with E-state index in [0.717, 1.165) is 40.3 Å². The van der Waals surface area contributed by atoms with Gasteiger partial charge in [0.05, 0.1) is 30.3 Å². The fourth-order valence-electron chi connectivity index (χ4n) is 2.24. The summed E-state index contributed by atoms with van der Waals surface area (Å²) in [5.74, 6) is 2.48. The number of aromatic nitrogens is 2. The van der Waals surface area contributed by atoms with E-state index < -0.39 is 0 Å². The number of fused-ring (bicyclic) bond motifs is 1. The van der Waals surface area contributed by atoms with Crippen molar-refractivity contribution in [3.8, 4) is 22.9 Å². The third-order valence-corrected chi connectivity index (χ3v) is 3.29. The number of aromatic amines is 1. The van der Waals surface area contributed by atoms with Crippen LogP contribution >= 0.6 is 0 Å². The quantitative estimate of drug-likeness (QED) is 0.768. The zero-order valence-corrected chi connectivity index (χ0v) is 12.2. The monoisotopic (exact) mass is 282 g/mol. The smallest absolute Gasteiger partial charge is 0.142 e. The van der Waals surface area contributed by atoms with Gasteiger partial charge in [-0.3, -0.25) is 0 Å². The van der Waals surface area contributed by atoms with E-state index >= 15 is 0 Å². The average molecular weight is 282 g/mol. The van der Waals surface area contributed by atoms with E-state index in [1.807, 2.05) is 42.5 Å². The number of imidazole rings is 1. The van der Waals surface area contributed by atoms with Crippen LogP contribution in [-0.4, -0.2) is 23.7 Å². The summed E-state index contributed by atoms with van der Waals surface area (Å²) in [5.41, 5.74) is 2.84. The third-order valence-electron chi connectivity index (χ3n) is 3.29. The summed E-state index contributed by atoms with van der Waals surface area (Å²) in [6.45, 7) is 2.79. The van der Waals surface area contributed by atoms with Crippen molar-refractivity contribution in [1.29, 1.82) is 0 Å². The van der Waals surface area contributed by atoms with Gasteiger partial charge in [0.2, 0.25) is 0 Å². The van der Waals surface area contributed by atoms with Crippen molar-refractivity contribution < 1.29 is 9.47 Å². The Morgan fingerprint density at radius 3 is 2.81 bits per heavy atom. The predicted octanol–water partition coefficient (Wildman–Crippen LogP) is 4.03. The number of rotatable bonds is 5. The molecule has 0 spiro atoms. The molecule has 21 heavy (non-hydrogen) atoms. The summed E-state index contributed by atoms with van der Waals surface area (Å²) >= 11 is 0. The van der Waals surface area contributed by atoms with E-state index in [4.69, 9.17) is 9.47 Å². The van der Waals surface area contributed by atoms with Crippen LogP contribution in [0, 0.1) is 0 Å². The number of nitrogens with one attached hydrogen (secondary N) is 1. The van der Waals surface area contributed by atoms with Gasteiger partial charge in [0, 0.05) is 6.07 Å². The normalized spacial score (nSPS) is 10.8. The molecule has 0 saturated heterocycles. The molecule has 1 aromatic heterocycles. The molecule has 0 atom stereocenters. The van der Waals surface area contributed by atoms with Crippen LogP contribution in [0.5, 0.6) is 11.5 Å². The molecule has 0 unspecified atom stereocenters. The summed E-state index contributed by atoms with van der Waals surface area (Å²) < 4.78 is 11.0. The summed E-state index contributed by atoms with van der Waals surface area (Å²) in [7, 11) is 1.66. The minimum Gasteiger partial charge on any atom is -0.497 e. The van der Waals surface area contributed by atoms with Crippen molar-refractivity contribution in [3.63, 3.8) is 0 Å². The first-order valence-corrected chi connectivity index (χ1v) is 7.07. The summed E-state index contributed by atoms with van der Waals surface area (Å²) in [5, 5.41) is 0. The molecule has 0 fully saturated rings. The Morgan fingerprint density at radius 2 is 2.00 bits per heavy atom. The SMILES string of the molecule is CCCOc1ccccc1-c1nc2ccc(OC)cc2[nH]1. The standard InChI is InChI=1S/C17H18N2O2/c1-3-10-21-16-7-5-4-6-13(16)17-18-14-9-8-12(20-2)11-15(14)19-17/h4-9,11H,3,10H2,1-2H3,(H,18,19). The Morgan fingerprint density at radius 1 is 1.14 bits per heavy atom. The average Bonchev–Trinajstić information content (AvgIpc) is 2.95. The summed E-state index contributed by atoms with van der Waals surface area (Å²) in [4.78, 5) is 7.97. The van der Waals surface area contributed by atoms with Crippen LogP contribution in [0.1, 0.15) is 13.3 Å². The zero-order valence-electron chi connectivity index (χ0n) is 12.2. The second-order valence-electron chi connectivity index (χ2n) is 4.81. The van der Waals surface area contributed by atoms with Crippen LogP contribution in [0.15, 0.2) is 42.5 Å². The Labute approximate surface area is 123 Å². The van der Waals surface area contributed by atoms with Gasteiger partial charge < -0.3 is 14.5 Å². The lowest BCUT2D eigenvalue weighted by atomic mass is 10.2. The first kappa shape index (κ1) is 13.5. The summed E-state index contributed by atoms with van der Waals surface area (Å²) in [6.07, 6.45) is 0.978. The first-order chi connectivity index (χ1) is 10.3. The highest BCUT2D eigenvalue weighted by atomic mass is 16.5. The molecule has 4 nitrogen and oxygen atoms in total. The minimum atomic E-state index is 0.699. The van der Waals surface area contributed by atoms with E-state index in [-0.39, 0.29) is 0 Å². The molecule has 0 bridgehead atoms. The van der Waals surface area contributed by atoms with Gasteiger partial charge in [-0.25, -0.2) is 4.98 Å². The number of methoxy groups -OCH3 is 1. The molecule has 3 rings (SSSR count). The molecule has 0 amide bonds. The van der Waals surface area contributed by atoms with E-state index in [0.29, 0.717) is 6.61 Å². The maximum absolute atomic E-state index is 5.80. The van der Waals surface area contributed by atoms with Crippen LogP contribution < -0.4 is 9.47 Å². The number of hydrogen-bond donors (Lipinski definition) is 1. The number of nitrogens with zero attached hydrogens (tertiary/aromatic N) is 1. The Bertz CT molecular complexity index is 749. The molecule has 4 heteroatoms. The Kier molecular flexibility index (Phi) is 3.77. The van der Waals surface area contributed by atoms with Crippen LogP contribution in [0.25, 0.3) is 22.4 Å². The van der Waals surface area contributed by atoms with E-state index in [1.165, 1.54) is 0 Å². The minimum absolute atomic E-state index is 0.699. The molecule has 1 N–H and O–H groups in total. The van der Waals surface area contributed by atoms with Crippen LogP contribution in [-0.2, 0) is 0 Å². The number of benzene rings is 2. The molecule has 108 valence electrons. The third kappa shape index (κ3) is 2.70. The molecule has 0 radical (unpaired) electrons. The van der Waals surface area contributed by atoms with Gasteiger partial charge in [0.1, 0.15) is 17.3 Å². The van der Waals surface area contributed by atoms with Crippen molar-refractivity contribution >= 4 is 11.0 Å². The molecule has 3 aromatic rings. The van der Waals surface area contributed by atoms with E-state index in [9.17, 15) is 0 Å². The lowest BCUT2D eigenvalue weighted by Gasteiger charge is -2.08. The van der Waals surface area contributed by atoms with Gasteiger partial charge in [-0.1, -0.05) is 19.1 Å². The number of para-hydroxylation sites is 1. The molecular weight excluding hydrogens is 264 g/mol. The molecule has 2 aromatic carbocycles. The highest BCUT2D eigenvalue weighted by molar-refractivity contribution is 5.81. The Balaban J connectivity index is 2.03. The lowest BCUT2D eigenvalue weighted by Crippen LogP contribution is -1.97. The Hall–Kier alpha value is -2.49. The van der Waals surface area contributed by atoms with Gasteiger partial charge in [-0.2, -0.15) is 0 Å². The number of hydrogen-bond acceptors (Lipinski definition) is 3. The summed E-state index contributed by atoms with van der Waals surface area (Å²) in [6, 6.07) is 13.7. The number of H-pyrrole nitrogens is 1. The molecule has 1 heterocycles. The van der Waals surface area contributed by atoms with Crippen molar-refractivity contribution in [2.24, 2.45) is 0 Å². The second-order valence-corrected chi connectivity index (χ2v) is 4.81. The second kappa shape index (κ2) is 5.87. The van der Waals surface area contributed by atoms with Gasteiger partial charge in [0.25, 0.3) is 0 Å². The van der Waals surface area contributed by atoms with Gasteiger partial charge in [-0.15, -0.1) is 0 Å². The van der Waals surface area contributed by atoms with Crippen molar-refractivity contribution in [1.82, 2.24) is 9.97 Å². The van der Waals surface area contributed by atoms with Crippen LogP contribution in [0.4, 0.5) is 0 Å².